The number of likely N-dealkylation sites (tertiary alicyclic amines) is 2. The standard InChI is InChI=1S/C27H28N4O5/c1-34-23-12-20(13-24(35-2)25(23)36-17-18-7-4-3-5-8-18)26(32)31-16-19(14-28)11-22(31)27(33)30-10-6-9-21(30)15-29/h3-5,7-8,12-13,19,21-22H,6,9-11,16-17H2,1-2H3/t19-,21-,22-/m0/s1. The second kappa shape index (κ2) is 11.0. The number of hydrogen-bond donors (Lipinski definition) is 0. The van der Waals surface area contributed by atoms with Gasteiger partial charge < -0.3 is 24.0 Å². The van der Waals surface area contributed by atoms with Crippen LogP contribution in [0, 0.1) is 28.6 Å². The SMILES string of the molecule is COc1cc(C(=O)N2C[C@H](C#N)C[C@H]2C(=O)N2CCC[C@H]2C#N)cc(OC)c1OCc1ccccc1. The van der Waals surface area contributed by atoms with Gasteiger partial charge in [0, 0.05) is 18.7 Å². The first-order valence-corrected chi connectivity index (χ1v) is 11.8. The van der Waals surface area contributed by atoms with E-state index in [9.17, 15) is 20.1 Å². The summed E-state index contributed by atoms with van der Waals surface area (Å²) in [5.41, 5.74) is 1.21. The summed E-state index contributed by atoms with van der Waals surface area (Å²) in [7, 11) is 2.95. The van der Waals surface area contributed by atoms with Gasteiger partial charge in [-0.05, 0) is 37.0 Å². The second-order valence-corrected chi connectivity index (χ2v) is 8.84. The molecule has 9 nitrogen and oxygen atoms in total. The van der Waals surface area contributed by atoms with E-state index in [1.54, 1.807) is 12.1 Å². The van der Waals surface area contributed by atoms with Crippen molar-refractivity contribution >= 4 is 11.8 Å². The summed E-state index contributed by atoms with van der Waals surface area (Å²) in [6.07, 6.45) is 1.59. The van der Waals surface area contributed by atoms with E-state index in [1.165, 1.54) is 24.0 Å². The van der Waals surface area contributed by atoms with Gasteiger partial charge in [-0.3, -0.25) is 9.59 Å². The Kier molecular flexibility index (Phi) is 7.60. The summed E-state index contributed by atoms with van der Waals surface area (Å²) in [6.45, 7) is 0.888. The highest BCUT2D eigenvalue weighted by Crippen LogP contribution is 2.40. The van der Waals surface area contributed by atoms with Crippen molar-refractivity contribution in [2.45, 2.75) is 38.0 Å². The number of nitrogens with zero attached hydrogens (tertiary/aromatic N) is 4. The third-order valence-corrected chi connectivity index (χ3v) is 6.65. The van der Waals surface area contributed by atoms with E-state index in [0.717, 1.165) is 12.0 Å². The van der Waals surface area contributed by atoms with Crippen LogP contribution < -0.4 is 14.2 Å². The Morgan fingerprint density at radius 2 is 1.72 bits per heavy atom. The number of rotatable bonds is 7. The van der Waals surface area contributed by atoms with Crippen molar-refractivity contribution in [1.29, 1.82) is 10.5 Å². The summed E-state index contributed by atoms with van der Waals surface area (Å²) < 4.78 is 17.0. The maximum Gasteiger partial charge on any atom is 0.254 e. The number of amides is 2. The van der Waals surface area contributed by atoms with Crippen LogP contribution in [0.15, 0.2) is 42.5 Å². The highest BCUT2D eigenvalue weighted by atomic mass is 16.5. The van der Waals surface area contributed by atoms with Crippen molar-refractivity contribution in [2.75, 3.05) is 27.3 Å². The van der Waals surface area contributed by atoms with Gasteiger partial charge in [-0.2, -0.15) is 10.5 Å². The molecule has 0 saturated carbocycles. The lowest BCUT2D eigenvalue weighted by atomic mass is 10.1. The molecule has 2 fully saturated rings. The number of nitriles is 2. The van der Waals surface area contributed by atoms with Crippen LogP contribution in [0.1, 0.15) is 35.2 Å². The van der Waals surface area contributed by atoms with Crippen molar-refractivity contribution in [2.24, 2.45) is 5.92 Å². The summed E-state index contributed by atoms with van der Waals surface area (Å²) in [5, 5.41) is 19.0. The van der Waals surface area contributed by atoms with Crippen LogP contribution in [0.4, 0.5) is 0 Å². The first-order valence-electron chi connectivity index (χ1n) is 11.8. The summed E-state index contributed by atoms with van der Waals surface area (Å²) in [5.74, 6) is -0.174. The van der Waals surface area contributed by atoms with Gasteiger partial charge in [0.25, 0.3) is 5.91 Å². The molecule has 36 heavy (non-hydrogen) atoms. The molecule has 2 aliphatic heterocycles. The maximum absolute atomic E-state index is 13.6. The number of benzene rings is 2. The Morgan fingerprint density at radius 3 is 2.33 bits per heavy atom. The minimum absolute atomic E-state index is 0.133. The van der Waals surface area contributed by atoms with Gasteiger partial charge in [-0.15, -0.1) is 0 Å². The van der Waals surface area contributed by atoms with Crippen LogP contribution in [-0.4, -0.2) is 61.0 Å². The molecule has 186 valence electrons. The number of carbonyl (C=O) groups excluding carboxylic acids is 2. The van der Waals surface area contributed by atoms with Gasteiger partial charge >= 0.3 is 0 Å². The molecule has 0 spiro atoms. The molecule has 2 aromatic carbocycles. The monoisotopic (exact) mass is 488 g/mol. The van der Waals surface area contributed by atoms with E-state index in [2.05, 4.69) is 12.1 Å². The van der Waals surface area contributed by atoms with Crippen molar-refractivity contribution < 1.29 is 23.8 Å². The third kappa shape index (κ3) is 4.92. The number of ether oxygens (including phenoxy) is 3. The predicted molar refractivity (Wildman–Crippen MR) is 129 cm³/mol. The minimum Gasteiger partial charge on any atom is -0.493 e. The van der Waals surface area contributed by atoms with E-state index >= 15 is 0 Å². The summed E-state index contributed by atoms with van der Waals surface area (Å²) >= 11 is 0. The van der Waals surface area contributed by atoms with Crippen LogP contribution in [0.3, 0.4) is 0 Å². The van der Waals surface area contributed by atoms with Crippen molar-refractivity contribution in [3.63, 3.8) is 0 Å². The molecule has 2 heterocycles. The van der Waals surface area contributed by atoms with Crippen LogP contribution in [-0.2, 0) is 11.4 Å². The van der Waals surface area contributed by atoms with Crippen molar-refractivity contribution in [3.05, 3.63) is 53.6 Å². The number of hydrogen-bond acceptors (Lipinski definition) is 7. The first-order chi connectivity index (χ1) is 17.5. The van der Waals surface area contributed by atoms with Crippen molar-refractivity contribution in [1.82, 2.24) is 9.80 Å². The van der Waals surface area contributed by atoms with Gasteiger partial charge in [-0.1, -0.05) is 30.3 Å². The topological polar surface area (TPSA) is 116 Å². The van der Waals surface area contributed by atoms with Crippen LogP contribution in [0.5, 0.6) is 17.2 Å². The lowest BCUT2D eigenvalue weighted by molar-refractivity contribution is -0.135. The highest BCUT2D eigenvalue weighted by Gasteiger charge is 2.44. The molecular formula is C27H28N4O5. The lowest BCUT2D eigenvalue weighted by Gasteiger charge is -2.29. The average Bonchev–Trinajstić information content (AvgIpc) is 3.58. The summed E-state index contributed by atoms with van der Waals surface area (Å²) in [6, 6.07) is 15.8. The normalized spacial score (nSPS) is 20.9. The fourth-order valence-corrected chi connectivity index (χ4v) is 4.79. The third-order valence-electron chi connectivity index (χ3n) is 6.65. The molecule has 2 aliphatic rings. The molecule has 2 amide bonds. The molecule has 9 heteroatoms. The molecular weight excluding hydrogens is 460 g/mol. The summed E-state index contributed by atoms with van der Waals surface area (Å²) in [4.78, 5) is 30.0. The molecule has 2 aromatic rings. The first kappa shape index (κ1) is 24.9. The highest BCUT2D eigenvalue weighted by molar-refractivity contribution is 5.99. The molecule has 2 saturated heterocycles. The number of carbonyl (C=O) groups is 2. The van der Waals surface area contributed by atoms with Crippen LogP contribution in [0.25, 0.3) is 0 Å². The molecule has 0 unspecified atom stereocenters. The van der Waals surface area contributed by atoms with E-state index < -0.39 is 23.9 Å². The fourth-order valence-electron chi connectivity index (χ4n) is 4.79. The predicted octanol–water partition coefficient (Wildman–Crippen LogP) is 3.15. The Balaban J connectivity index is 1.61. The lowest BCUT2D eigenvalue weighted by Crippen LogP contribution is -2.49. The van der Waals surface area contributed by atoms with Crippen LogP contribution in [0.2, 0.25) is 0 Å². The smallest absolute Gasteiger partial charge is 0.254 e. The minimum atomic E-state index is -0.804. The van der Waals surface area contributed by atoms with E-state index in [1.807, 2.05) is 30.3 Å². The Morgan fingerprint density at radius 1 is 1.03 bits per heavy atom. The molecule has 0 N–H and O–H groups in total. The van der Waals surface area contributed by atoms with Gasteiger partial charge in [0.05, 0.1) is 32.3 Å². The zero-order valence-electron chi connectivity index (χ0n) is 20.3. The van der Waals surface area contributed by atoms with E-state index in [0.29, 0.717) is 30.2 Å². The second-order valence-electron chi connectivity index (χ2n) is 8.84. The maximum atomic E-state index is 13.6. The molecule has 0 radical (unpaired) electrons. The fraction of sp³-hybridized carbons (Fsp3) is 0.407. The Hall–Kier alpha value is -4.24. The molecule has 0 aliphatic carbocycles. The van der Waals surface area contributed by atoms with Crippen LogP contribution >= 0.6 is 0 Å². The Labute approximate surface area is 210 Å². The zero-order chi connectivity index (χ0) is 25.7. The van der Waals surface area contributed by atoms with Gasteiger partial charge in [0.1, 0.15) is 18.7 Å². The quantitative estimate of drug-likeness (QED) is 0.588. The number of methoxy groups -OCH3 is 2. The van der Waals surface area contributed by atoms with E-state index in [-0.39, 0.29) is 31.0 Å². The van der Waals surface area contributed by atoms with Gasteiger partial charge in [-0.25, -0.2) is 0 Å². The largest absolute Gasteiger partial charge is 0.493 e. The molecule has 4 rings (SSSR count). The molecule has 0 aromatic heterocycles. The zero-order valence-corrected chi connectivity index (χ0v) is 20.3. The van der Waals surface area contributed by atoms with Crippen molar-refractivity contribution in [3.8, 4) is 29.4 Å². The van der Waals surface area contributed by atoms with Gasteiger partial charge in [0.15, 0.2) is 11.5 Å². The average molecular weight is 489 g/mol. The molecule has 3 atom stereocenters. The van der Waals surface area contributed by atoms with Gasteiger partial charge in [0.2, 0.25) is 11.7 Å². The van der Waals surface area contributed by atoms with E-state index in [4.69, 9.17) is 14.2 Å². The Bertz CT molecular complexity index is 1180. The molecule has 0 bridgehead atoms.